The Balaban J connectivity index is 1.98. The second-order valence-electron chi connectivity index (χ2n) is 5.53. The Labute approximate surface area is 134 Å². The van der Waals surface area contributed by atoms with E-state index in [9.17, 15) is 14.0 Å². The number of halogens is 1. The number of amides is 2. The topological polar surface area (TPSA) is 81.9 Å². The van der Waals surface area contributed by atoms with Crippen LogP contribution in [0.15, 0.2) is 18.2 Å². The van der Waals surface area contributed by atoms with E-state index in [0.717, 1.165) is 0 Å². The summed E-state index contributed by atoms with van der Waals surface area (Å²) in [6.45, 7) is 0.347. The molecule has 0 unspecified atom stereocenters. The van der Waals surface area contributed by atoms with E-state index in [1.54, 1.807) is 6.07 Å². The van der Waals surface area contributed by atoms with E-state index in [4.69, 9.17) is 15.2 Å². The van der Waals surface area contributed by atoms with Crippen LogP contribution in [0.2, 0.25) is 0 Å². The van der Waals surface area contributed by atoms with Crippen LogP contribution in [-0.2, 0) is 20.7 Å². The van der Waals surface area contributed by atoms with Gasteiger partial charge in [0.05, 0.1) is 13.2 Å². The molecule has 1 aromatic rings. The monoisotopic (exact) mass is 324 g/mol. The van der Waals surface area contributed by atoms with Crippen molar-refractivity contribution in [1.82, 2.24) is 4.90 Å². The molecule has 2 N–H and O–H groups in total. The van der Waals surface area contributed by atoms with Crippen LogP contribution in [0.25, 0.3) is 0 Å². The molecule has 7 heteroatoms. The van der Waals surface area contributed by atoms with Gasteiger partial charge in [0.1, 0.15) is 6.04 Å². The van der Waals surface area contributed by atoms with Crippen LogP contribution in [0, 0.1) is 5.82 Å². The third-order valence-corrected chi connectivity index (χ3v) is 4.09. The highest BCUT2D eigenvalue weighted by Gasteiger charge is 2.38. The van der Waals surface area contributed by atoms with Gasteiger partial charge in [-0.2, -0.15) is 0 Å². The quantitative estimate of drug-likeness (QED) is 0.842. The Bertz CT molecular complexity index is 593. The summed E-state index contributed by atoms with van der Waals surface area (Å²) in [5, 5.41) is 0. The summed E-state index contributed by atoms with van der Waals surface area (Å²) in [7, 11) is 2.93. The maximum Gasteiger partial charge on any atom is 0.240 e. The highest BCUT2D eigenvalue weighted by molar-refractivity contribution is 5.87. The zero-order valence-corrected chi connectivity index (χ0v) is 13.3. The van der Waals surface area contributed by atoms with Gasteiger partial charge < -0.3 is 20.1 Å². The van der Waals surface area contributed by atoms with Crippen molar-refractivity contribution in [3.05, 3.63) is 29.6 Å². The average Bonchev–Trinajstić information content (AvgIpc) is 2.97. The number of methoxy groups -OCH3 is 2. The lowest BCUT2D eigenvalue weighted by molar-refractivity contribution is -0.137. The van der Waals surface area contributed by atoms with Crippen LogP contribution in [0.3, 0.4) is 0 Å². The van der Waals surface area contributed by atoms with E-state index in [1.807, 2.05) is 0 Å². The van der Waals surface area contributed by atoms with Gasteiger partial charge in [-0.1, -0.05) is 6.07 Å². The predicted octanol–water partition coefficient (Wildman–Crippen LogP) is 0.868. The second kappa shape index (κ2) is 7.41. The number of aryl methyl sites for hydroxylation is 1. The highest BCUT2D eigenvalue weighted by atomic mass is 19.1. The number of rotatable bonds is 6. The summed E-state index contributed by atoms with van der Waals surface area (Å²) in [5.74, 6) is -1.03. The summed E-state index contributed by atoms with van der Waals surface area (Å²) in [6.07, 6.45) is 0.773. The van der Waals surface area contributed by atoms with Gasteiger partial charge in [-0.25, -0.2) is 4.39 Å². The first-order valence-corrected chi connectivity index (χ1v) is 7.40. The van der Waals surface area contributed by atoms with Crippen molar-refractivity contribution in [2.24, 2.45) is 5.73 Å². The van der Waals surface area contributed by atoms with Crippen LogP contribution in [-0.4, -0.2) is 49.6 Å². The lowest BCUT2D eigenvalue weighted by atomic mass is 10.1. The van der Waals surface area contributed by atoms with Gasteiger partial charge in [-0.3, -0.25) is 9.59 Å². The minimum atomic E-state index is -0.639. The van der Waals surface area contributed by atoms with E-state index in [1.165, 1.54) is 31.3 Å². The first-order chi connectivity index (χ1) is 11.0. The number of nitrogens with two attached hydrogens (primary N) is 1. The molecule has 0 aliphatic carbocycles. The van der Waals surface area contributed by atoms with Crippen molar-refractivity contribution in [2.45, 2.75) is 31.4 Å². The summed E-state index contributed by atoms with van der Waals surface area (Å²) < 4.78 is 23.7. The molecule has 1 heterocycles. The fourth-order valence-corrected chi connectivity index (χ4v) is 2.77. The molecule has 1 aromatic carbocycles. The largest absolute Gasteiger partial charge is 0.494 e. The molecule has 0 radical (unpaired) electrons. The first-order valence-electron chi connectivity index (χ1n) is 7.40. The fraction of sp³-hybridized carbons (Fsp3) is 0.500. The van der Waals surface area contributed by atoms with Crippen LogP contribution in [0.5, 0.6) is 5.75 Å². The molecule has 126 valence electrons. The number of primary amides is 1. The molecule has 0 bridgehead atoms. The molecule has 2 atom stereocenters. The van der Waals surface area contributed by atoms with Crippen molar-refractivity contribution >= 4 is 11.8 Å². The summed E-state index contributed by atoms with van der Waals surface area (Å²) >= 11 is 0. The maximum atomic E-state index is 13.6. The molecule has 23 heavy (non-hydrogen) atoms. The Morgan fingerprint density at radius 2 is 2.13 bits per heavy atom. The van der Waals surface area contributed by atoms with Gasteiger partial charge >= 0.3 is 0 Å². The minimum Gasteiger partial charge on any atom is -0.494 e. The van der Waals surface area contributed by atoms with Crippen LogP contribution >= 0.6 is 0 Å². The van der Waals surface area contributed by atoms with Gasteiger partial charge in [0.2, 0.25) is 11.8 Å². The lowest BCUT2D eigenvalue weighted by Gasteiger charge is -2.22. The van der Waals surface area contributed by atoms with Gasteiger partial charge in [0.15, 0.2) is 11.6 Å². The number of carbonyl (C=O) groups is 2. The fourth-order valence-electron chi connectivity index (χ4n) is 2.77. The number of likely N-dealkylation sites (tertiary alicyclic amines) is 1. The van der Waals surface area contributed by atoms with E-state index in [0.29, 0.717) is 24.9 Å². The van der Waals surface area contributed by atoms with Crippen molar-refractivity contribution in [2.75, 3.05) is 20.8 Å². The molecule has 2 amide bonds. The second-order valence-corrected chi connectivity index (χ2v) is 5.53. The molecule has 6 nitrogen and oxygen atoms in total. The number of hydrogen-bond donors (Lipinski definition) is 1. The van der Waals surface area contributed by atoms with Crippen LogP contribution in [0.4, 0.5) is 4.39 Å². The Morgan fingerprint density at radius 3 is 2.70 bits per heavy atom. The van der Waals surface area contributed by atoms with Crippen LogP contribution < -0.4 is 10.5 Å². The molecule has 0 saturated carbocycles. The molecular weight excluding hydrogens is 303 g/mol. The number of ether oxygens (including phenoxy) is 2. The van der Waals surface area contributed by atoms with Gasteiger partial charge in [0.25, 0.3) is 0 Å². The predicted molar refractivity (Wildman–Crippen MR) is 81.4 cm³/mol. The van der Waals surface area contributed by atoms with Gasteiger partial charge in [-0.05, 0) is 24.1 Å². The number of carbonyl (C=O) groups excluding carboxylic acids is 2. The maximum absolute atomic E-state index is 13.6. The normalized spacial score (nSPS) is 20.6. The van der Waals surface area contributed by atoms with Crippen molar-refractivity contribution < 1.29 is 23.5 Å². The third kappa shape index (κ3) is 3.98. The molecule has 1 saturated heterocycles. The van der Waals surface area contributed by atoms with E-state index in [2.05, 4.69) is 0 Å². The molecule has 1 aliphatic heterocycles. The standard InChI is InChI=1S/C16H21FN2O4/c1-22-11-8-13(16(18)21)19(9-11)15(20)6-4-10-3-5-14(23-2)12(17)7-10/h3,5,7,11,13H,4,6,8-9H2,1-2H3,(H2,18,21)/t11-,13-/m0/s1. The molecule has 0 spiro atoms. The molecule has 1 fully saturated rings. The number of hydrogen-bond acceptors (Lipinski definition) is 4. The number of nitrogens with zero attached hydrogens (tertiary/aromatic N) is 1. The zero-order chi connectivity index (χ0) is 17.0. The van der Waals surface area contributed by atoms with E-state index >= 15 is 0 Å². The van der Waals surface area contributed by atoms with Crippen molar-refractivity contribution in [3.63, 3.8) is 0 Å². The molecule has 1 aliphatic rings. The van der Waals surface area contributed by atoms with Crippen molar-refractivity contribution in [1.29, 1.82) is 0 Å². The summed E-state index contributed by atoms with van der Waals surface area (Å²) in [5.41, 5.74) is 6.04. The SMILES string of the molecule is COc1ccc(CCC(=O)N2C[C@@H](OC)C[C@H]2C(N)=O)cc1F. The first kappa shape index (κ1) is 17.2. The van der Waals surface area contributed by atoms with E-state index < -0.39 is 17.8 Å². The lowest BCUT2D eigenvalue weighted by Crippen LogP contribution is -2.43. The molecular formula is C16H21FN2O4. The molecule has 0 aromatic heterocycles. The molecule has 2 rings (SSSR count). The number of benzene rings is 1. The smallest absolute Gasteiger partial charge is 0.240 e. The van der Waals surface area contributed by atoms with E-state index in [-0.39, 0.29) is 24.2 Å². The van der Waals surface area contributed by atoms with Gasteiger partial charge in [-0.15, -0.1) is 0 Å². The zero-order valence-electron chi connectivity index (χ0n) is 13.3. The van der Waals surface area contributed by atoms with Crippen LogP contribution in [0.1, 0.15) is 18.4 Å². The Hall–Kier alpha value is -2.15. The Kier molecular flexibility index (Phi) is 5.54. The third-order valence-electron chi connectivity index (χ3n) is 4.09. The van der Waals surface area contributed by atoms with Crippen molar-refractivity contribution in [3.8, 4) is 5.75 Å². The Morgan fingerprint density at radius 1 is 1.39 bits per heavy atom. The summed E-state index contributed by atoms with van der Waals surface area (Å²) in [4.78, 5) is 25.3. The van der Waals surface area contributed by atoms with Gasteiger partial charge in [0, 0.05) is 26.5 Å². The summed E-state index contributed by atoms with van der Waals surface area (Å²) in [6, 6.07) is 3.94. The average molecular weight is 324 g/mol. The minimum absolute atomic E-state index is 0.163. The highest BCUT2D eigenvalue weighted by Crippen LogP contribution is 2.22.